The SMILES string of the molecule is CC(F)CNCCN1CCC(F)(F)CC1. The summed E-state index contributed by atoms with van der Waals surface area (Å²) in [5.74, 6) is -2.47. The first-order valence-corrected chi connectivity index (χ1v) is 5.44. The average molecular weight is 224 g/mol. The average Bonchev–Trinajstić information content (AvgIpc) is 2.14. The molecule has 0 bridgehead atoms. The molecule has 1 unspecified atom stereocenters. The summed E-state index contributed by atoms with van der Waals surface area (Å²) >= 11 is 0. The molecule has 90 valence electrons. The maximum atomic E-state index is 12.8. The van der Waals surface area contributed by atoms with Crippen LogP contribution in [0.2, 0.25) is 0 Å². The Bertz CT molecular complexity index is 176. The molecule has 1 atom stereocenters. The van der Waals surface area contributed by atoms with Gasteiger partial charge in [-0.25, -0.2) is 13.2 Å². The first-order chi connectivity index (χ1) is 6.99. The second-order valence-corrected chi connectivity index (χ2v) is 4.18. The van der Waals surface area contributed by atoms with Gasteiger partial charge >= 0.3 is 0 Å². The van der Waals surface area contributed by atoms with Crippen molar-refractivity contribution >= 4 is 0 Å². The van der Waals surface area contributed by atoms with Gasteiger partial charge in [0, 0.05) is 45.6 Å². The highest BCUT2D eigenvalue weighted by molar-refractivity contribution is 4.77. The van der Waals surface area contributed by atoms with E-state index in [4.69, 9.17) is 0 Å². The van der Waals surface area contributed by atoms with Gasteiger partial charge in [0.2, 0.25) is 0 Å². The number of nitrogens with zero attached hydrogens (tertiary/aromatic N) is 1. The summed E-state index contributed by atoms with van der Waals surface area (Å²) in [5.41, 5.74) is 0. The molecule has 1 N–H and O–H groups in total. The molecule has 1 aliphatic rings. The lowest BCUT2D eigenvalue weighted by molar-refractivity contribution is -0.0547. The van der Waals surface area contributed by atoms with E-state index in [9.17, 15) is 13.2 Å². The molecule has 1 saturated heterocycles. The minimum atomic E-state index is -2.47. The zero-order chi connectivity index (χ0) is 11.3. The molecule has 0 aromatic heterocycles. The standard InChI is InChI=1S/C10H19F3N2/c1-9(11)8-14-4-7-15-5-2-10(12,13)3-6-15/h9,14H,2-8H2,1H3. The predicted octanol–water partition coefficient (Wildman–Crippen LogP) is 1.67. The zero-order valence-corrected chi connectivity index (χ0v) is 9.11. The Morgan fingerprint density at radius 2 is 1.93 bits per heavy atom. The van der Waals surface area contributed by atoms with Crippen LogP contribution in [0.25, 0.3) is 0 Å². The van der Waals surface area contributed by atoms with Crippen molar-refractivity contribution in [3.05, 3.63) is 0 Å². The van der Waals surface area contributed by atoms with Crippen molar-refractivity contribution in [1.82, 2.24) is 10.2 Å². The number of hydrogen-bond donors (Lipinski definition) is 1. The number of rotatable bonds is 5. The van der Waals surface area contributed by atoms with E-state index in [0.717, 1.165) is 6.54 Å². The van der Waals surface area contributed by atoms with Gasteiger partial charge in [0.25, 0.3) is 5.92 Å². The van der Waals surface area contributed by atoms with Crippen LogP contribution >= 0.6 is 0 Å². The third-order valence-electron chi connectivity index (χ3n) is 2.62. The molecule has 5 heteroatoms. The normalized spacial score (nSPS) is 24.0. The molecule has 2 nitrogen and oxygen atoms in total. The Hall–Kier alpha value is -0.290. The van der Waals surface area contributed by atoms with Gasteiger partial charge in [-0.1, -0.05) is 0 Å². The predicted molar refractivity (Wildman–Crippen MR) is 54.1 cm³/mol. The lowest BCUT2D eigenvalue weighted by Gasteiger charge is -2.31. The van der Waals surface area contributed by atoms with Crippen LogP contribution in [-0.2, 0) is 0 Å². The molecular formula is C10H19F3N2. The van der Waals surface area contributed by atoms with Gasteiger partial charge in [0.15, 0.2) is 0 Å². The highest BCUT2D eigenvalue weighted by Crippen LogP contribution is 2.27. The van der Waals surface area contributed by atoms with E-state index in [1.165, 1.54) is 6.92 Å². The van der Waals surface area contributed by atoms with E-state index in [1.54, 1.807) is 0 Å². The van der Waals surface area contributed by atoms with Crippen LogP contribution in [0.1, 0.15) is 19.8 Å². The second-order valence-electron chi connectivity index (χ2n) is 4.18. The Morgan fingerprint density at radius 1 is 1.33 bits per heavy atom. The van der Waals surface area contributed by atoms with Crippen LogP contribution in [0.3, 0.4) is 0 Å². The fourth-order valence-corrected chi connectivity index (χ4v) is 1.64. The molecule has 0 saturated carbocycles. The summed E-state index contributed by atoms with van der Waals surface area (Å²) in [6.07, 6.45) is -0.949. The van der Waals surface area contributed by atoms with E-state index < -0.39 is 12.1 Å². The molecule has 0 amide bonds. The summed E-state index contributed by atoms with van der Waals surface area (Å²) in [7, 11) is 0. The van der Waals surface area contributed by atoms with E-state index in [-0.39, 0.29) is 12.8 Å². The largest absolute Gasteiger partial charge is 0.313 e. The number of likely N-dealkylation sites (tertiary alicyclic amines) is 1. The van der Waals surface area contributed by atoms with Crippen molar-refractivity contribution < 1.29 is 13.2 Å². The van der Waals surface area contributed by atoms with Gasteiger partial charge in [-0.15, -0.1) is 0 Å². The molecule has 0 aliphatic carbocycles. The monoisotopic (exact) mass is 224 g/mol. The number of nitrogens with one attached hydrogen (secondary N) is 1. The second kappa shape index (κ2) is 5.70. The van der Waals surface area contributed by atoms with Gasteiger partial charge < -0.3 is 10.2 Å². The molecule has 1 rings (SSSR count). The molecule has 0 radical (unpaired) electrons. The molecular weight excluding hydrogens is 205 g/mol. The summed E-state index contributed by atoms with van der Waals surface area (Å²) in [6.45, 7) is 4.11. The summed E-state index contributed by atoms with van der Waals surface area (Å²) < 4.78 is 38.0. The highest BCUT2D eigenvalue weighted by atomic mass is 19.3. The van der Waals surface area contributed by atoms with Crippen LogP contribution < -0.4 is 5.32 Å². The minimum Gasteiger partial charge on any atom is -0.313 e. The van der Waals surface area contributed by atoms with E-state index in [1.807, 2.05) is 4.90 Å². The third kappa shape index (κ3) is 5.37. The van der Waals surface area contributed by atoms with Crippen LogP contribution in [-0.4, -0.2) is 49.7 Å². The Balaban J connectivity index is 2.04. The van der Waals surface area contributed by atoms with Crippen molar-refractivity contribution in [3.63, 3.8) is 0 Å². The molecule has 0 aromatic carbocycles. The lowest BCUT2D eigenvalue weighted by atomic mass is 10.1. The smallest absolute Gasteiger partial charge is 0.250 e. The fourth-order valence-electron chi connectivity index (χ4n) is 1.64. The number of piperidine rings is 1. The van der Waals surface area contributed by atoms with Gasteiger partial charge in [0.05, 0.1) is 0 Å². The van der Waals surface area contributed by atoms with Gasteiger partial charge in [-0.2, -0.15) is 0 Å². The van der Waals surface area contributed by atoms with Crippen LogP contribution in [0.4, 0.5) is 13.2 Å². The van der Waals surface area contributed by atoms with Crippen LogP contribution in [0.15, 0.2) is 0 Å². The van der Waals surface area contributed by atoms with Crippen LogP contribution in [0, 0.1) is 0 Å². The van der Waals surface area contributed by atoms with Gasteiger partial charge in [-0.3, -0.25) is 0 Å². The highest BCUT2D eigenvalue weighted by Gasteiger charge is 2.33. The molecule has 1 fully saturated rings. The summed E-state index contributed by atoms with van der Waals surface area (Å²) in [6, 6.07) is 0. The molecule has 1 aliphatic heterocycles. The maximum absolute atomic E-state index is 12.8. The zero-order valence-electron chi connectivity index (χ0n) is 9.11. The lowest BCUT2D eigenvalue weighted by Crippen LogP contribution is -2.42. The van der Waals surface area contributed by atoms with Crippen LogP contribution in [0.5, 0.6) is 0 Å². The van der Waals surface area contributed by atoms with Gasteiger partial charge in [0.1, 0.15) is 6.17 Å². The Kier molecular flexibility index (Phi) is 4.86. The van der Waals surface area contributed by atoms with Gasteiger partial charge in [-0.05, 0) is 6.92 Å². The fraction of sp³-hybridized carbons (Fsp3) is 1.00. The topological polar surface area (TPSA) is 15.3 Å². The summed E-state index contributed by atoms with van der Waals surface area (Å²) in [4.78, 5) is 1.99. The number of alkyl halides is 3. The first kappa shape index (κ1) is 12.8. The Labute approximate surface area is 88.8 Å². The number of halogens is 3. The maximum Gasteiger partial charge on any atom is 0.250 e. The first-order valence-electron chi connectivity index (χ1n) is 5.44. The quantitative estimate of drug-likeness (QED) is 0.715. The number of hydrogen-bond acceptors (Lipinski definition) is 2. The molecule has 1 heterocycles. The van der Waals surface area contributed by atoms with E-state index in [2.05, 4.69) is 5.32 Å². The van der Waals surface area contributed by atoms with E-state index in [0.29, 0.717) is 26.2 Å². The molecule has 0 aromatic rings. The molecule has 15 heavy (non-hydrogen) atoms. The van der Waals surface area contributed by atoms with Crippen molar-refractivity contribution in [2.45, 2.75) is 31.9 Å². The summed E-state index contributed by atoms with van der Waals surface area (Å²) in [5, 5.41) is 2.95. The minimum absolute atomic E-state index is 0.0491. The molecule has 0 spiro atoms. The van der Waals surface area contributed by atoms with Crippen molar-refractivity contribution in [3.8, 4) is 0 Å². The van der Waals surface area contributed by atoms with Crippen molar-refractivity contribution in [1.29, 1.82) is 0 Å². The van der Waals surface area contributed by atoms with Crippen molar-refractivity contribution in [2.75, 3.05) is 32.7 Å². The third-order valence-corrected chi connectivity index (χ3v) is 2.62. The van der Waals surface area contributed by atoms with Crippen molar-refractivity contribution in [2.24, 2.45) is 0 Å². The van der Waals surface area contributed by atoms with E-state index >= 15 is 0 Å². The Morgan fingerprint density at radius 3 is 2.47 bits per heavy atom.